The Labute approximate surface area is 131 Å². The minimum absolute atomic E-state index is 0.641. The van der Waals surface area contributed by atoms with Crippen LogP contribution in [0.15, 0.2) is 41.5 Å². The molecule has 114 valence electrons. The van der Waals surface area contributed by atoms with Crippen molar-refractivity contribution in [2.45, 2.75) is 13.0 Å². The molecule has 0 saturated heterocycles. The molecule has 22 heavy (non-hydrogen) atoms. The van der Waals surface area contributed by atoms with Crippen molar-refractivity contribution in [3.8, 4) is 23.6 Å². The van der Waals surface area contributed by atoms with Gasteiger partial charge < -0.3 is 15.2 Å². The lowest BCUT2D eigenvalue weighted by Crippen LogP contribution is -2.39. The molecule has 5 nitrogen and oxygen atoms in total. The summed E-state index contributed by atoms with van der Waals surface area (Å²) in [6.07, 6.45) is 7.78. The monoisotopic (exact) mass is 295 g/mol. The van der Waals surface area contributed by atoms with E-state index < -0.39 is 0 Å². The molecule has 0 aliphatic rings. The summed E-state index contributed by atoms with van der Waals surface area (Å²) in [6.45, 7) is 1.35. The van der Waals surface area contributed by atoms with Crippen LogP contribution in [0.4, 0.5) is 0 Å². The number of nitrogens with zero attached hydrogens (tertiary/aromatic N) is 3. The number of aromatic amines is 1. The maximum Gasteiger partial charge on any atom is 0.193 e. The van der Waals surface area contributed by atoms with E-state index in [0.717, 1.165) is 23.0 Å². The summed E-state index contributed by atoms with van der Waals surface area (Å²) >= 11 is 0. The Hall–Kier alpha value is -2.74. The first-order chi connectivity index (χ1) is 10.7. The summed E-state index contributed by atoms with van der Waals surface area (Å²) in [5.41, 5.74) is 2.14. The number of benzene rings is 1. The highest BCUT2D eigenvalue weighted by Crippen LogP contribution is 2.16. The van der Waals surface area contributed by atoms with Gasteiger partial charge in [-0.05, 0) is 5.56 Å². The first kappa shape index (κ1) is 15.6. The van der Waals surface area contributed by atoms with Gasteiger partial charge in [-0.1, -0.05) is 30.3 Å². The van der Waals surface area contributed by atoms with E-state index in [0.29, 0.717) is 19.5 Å². The largest absolute Gasteiger partial charge is 0.355 e. The molecule has 0 saturated carbocycles. The molecule has 0 aliphatic heterocycles. The summed E-state index contributed by atoms with van der Waals surface area (Å²) in [6, 6.07) is 10.1. The van der Waals surface area contributed by atoms with E-state index >= 15 is 0 Å². The van der Waals surface area contributed by atoms with Crippen LogP contribution in [0.1, 0.15) is 12.2 Å². The molecule has 0 unspecified atom stereocenters. The van der Waals surface area contributed by atoms with E-state index in [-0.39, 0.29) is 0 Å². The summed E-state index contributed by atoms with van der Waals surface area (Å²) in [4.78, 5) is 14.0. The van der Waals surface area contributed by atoms with Crippen LogP contribution in [0.25, 0.3) is 11.3 Å². The van der Waals surface area contributed by atoms with Gasteiger partial charge in [0.1, 0.15) is 5.82 Å². The summed E-state index contributed by atoms with van der Waals surface area (Å²) < 4.78 is 0. The second-order valence-electron chi connectivity index (χ2n) is 4.89. The minimum atomic E-state index is 0.641. The summed E-state index contributed by atoms with van der Waals surface area (Å²) in [5, 5.41) is 3.22. The molecule has 0 radical (unpaired) electrons. The Balaban J connectivity index is 1.99. The highest BCUT2D eigenvalue weighted by molar-refractivity contribution is 5.79. The molecule has 0 bridgehead atoms. The fourth-order valence-corrected chi connectivity index (χ4v) is 2.14. The van der Waals surface area contributed by atoms with Crippen LogP contribution in [-0.4, -0.2) is 41.5 Å². The lowest BCUT2D eigenvalue weighted by atomic mass is 10.2. The lowest BCUT2D eigenvalue weighted by molar-refractivity contribution is 0.465. The topological polar surface area (TPSA) is 56.3 Å². The maximum atomic E-state index is 5.26. The molecule has 2 N–H and O–H groups in total. The molecular weight excluding hydrogens is 274 g/mol. The quantitative estimate of drug-likeness (QED) is 0.384. The van der Waals surface area contributed by atoms with Gasteiger partial charge in [-0.2, -0.15) is 0 Å². The number of terminal acetylenes is 1. The van der Waals surface area contributed by atoms with Crippen molar-refractivity contribution in [3.05, 3.63) is 42.4 Å². The van der Waals surface area contributed by atoms with Gasteiger partial charge in [0.2, 0.25) is 0 Å². The van der Waals surface area contributed by atoms with Crippen LogP contribution in [0, 0.1) is 12.3 Å². The molecule has 0 atom stereocenters. The fraction of sp³-hybridized carbons (Fsp3) is 0.294. The normalized spacial score (nSPS) is 11.0. The molecular formula is C17H21N5. The van der Waals surface area contributed by atoms with Gasteiger partial charge in [-0.15, -0.1) is 12.3 Å². The molecule has 1 aromatic heterocycles. The molecule has 0 fully saturated rings. The van der Waals surface area contributed by atoms with E-state index in [1.165, 1.54) is 0 Å². The molecule has 5 heteroatoms. The number of rotatable bonds is 5. The van der Waals surface area contributed by atoms with E-state index in [1.807, 2.05) is 36.3 Å². The zero-order valence-corrected chi connectivity index (χ0v) is 13.0. The minimum Gasteiger partial charge on any atom is -0.355 e. The standard InChI is InChI=1S/C17H21N5/c1-4-5-11-19-17(18-2)22(3)13-16-20-12-15(21-16)14-9-7-6-8-10-14/h1,6-10,12H,5,11,13H2,2-3H3,(H,18,19)(H,20,21). The number of H-pyrrole nitrogens is 1. The Morgan fingerprint density at radius 1 is 1.41 bits per heavy atom. The Bertz CT molecular complexity index is 651. The molecule has 1 heterocycles. The second kappa shape index (κ2) is 7.89. The predicted molar refractivity (Wildman–Crippen MR) is 90.3 cm³/mol. The zero-order chi connectivity index (χ0) is 15.8. The maximum absolute atomic E-state index is 5.26. The van der Waals surface area contributed by atoms with E-state index in [1.54, 1.807) is 7.05 Å². The van der Waals surface area contributed by atoms with Crippen molar-refractivity contribution >= 4 is 5.96 Å². The number of hydrogen-bond acceptors (Lipinski definition) is 2. The van der Waals surface area contributed by atoms with Crippen LogP contribution < -0.4 is 5.32 Å². The number of imidazole rings is 1. The molecule has 2 aromatic rings. The van der Waals surface area contributed by atoms with Gasteiger partial charge in [0.25, 0.3) is 0 Å². The number of aliphatic imine (C=N–C) groups is 1. The number of aromatic nitrogens is 2. The Morgan fingerprint density at radius 3 is 2.86 bits per heavy atom. The van der Waals surface area contributed by atoms with Crippen molar-refractivity contribution in [3.63, 3.8) is 0 Å². The second-order valence-corrected chi connectivity index (χ2v) is 4.89. The Kier molecular flexibility index (Phi) is 5.61. The van der Waals surface area contributed by atoms with Crippen LogP contribution in [0.2, 0.25) is 0 Å². The fourth-order valence-electron chi connectivity index (χ4n) is 2.14. The smallest absolute Gasteiger partial charge is 0.193 e. The van der Waals surface area contributed by atoms with Gasteiger partial charge in [-0.25, -0.2) is 4.98 Å². The van der Waals surface area contributed by atoms with Crippen LogP contribution in [-0.2, 0) is 6.54 Å². The number of nitrogens with one attached hydrogen (secondary N) is 2. The van der Waals surface area contributed by atoms with Crippen molar-refractivity contribution in [1.82, 2.24) is 20.2 Å². The van der Waals surface area contributed by atoms with E-state index in [9.17, 15) is 0 Å². The van der Waals surface area contributed by atoms with Gasteiger partial charge in [0, 0.05) is 27.1 Å². The average Bonchev–Trinajstić information content (AvgIpc) is 3.01. The van der Waals surface area contributed by atoms with Crippen molar-refractivity contribution in [1.29, 1.82) is 0 Å². The van der Waals surface area contributed by atoms with E-state index in [2.05, 4.69) is 38.3 Å². The first-order valence-corrected chi connectivity index (χ1v) is 7.19. The SMILES string of the molecule is C#CCCNC(=NC)N(C)Cc1ncc(-c2ccccc2)[nH]1. The van der Waals surface area contributed by atoms with Gasteiger partial charge in [0.15, 0.2) is 5.96 Å². The third-order valence-electron chi connectivity index (χ3n) is 3.23. The molecule has 0 amide bonds. The zero-order valence-electron chi connectivity index (χ0n) is 13.0. The third kappa shape index (κ3) is 4.13. The van der Waals surface area contributed by atoms with Crippen molar-refractivity contribution in [2.24, 2.45) is 4.99 Å². The number of guanidine groups is 1. The summed E-state index contributed by atoms with van der Waals surface area (Å²) in [5.74, 6) is 4.29. The number of hydrogen-bond donors (Lipinski definition) is 2. The van der Waals surface area contributed by atoms with Gasteiger partial charge in [-0.3, -0.25) is 4.99 Å². The van der Waals surface area contributed by atoms with E-state index in [4.69, 9.17) is 6.42 Å². The predicted octanol–water partition coefficient (Wildman–Crippen LogP) is 2.11. The van der Waals surface area contributed by atoms with Crippen molar-refractivity contribution < 1.29 is 0 Å². The van der Waals surface area contributed by atoms with Crippen molar-refractivity contribution in [2.75, 3.05) is 20.6 Å². The Morgan fingerprint density at radius 2 is 2.18 bits per heavy atom. The first-order valence-electron chi connectivity index (χ1n) is 7.19. The lowest BCUT2D eigenvalue weighted by Gasteiger charge is -2.20. The van der Waals surface area contributed by atoms with Crippen LogP contribution >= 0.6 is 0 Å². The highest BCUT2D eigenvalue weighted by atomic mass is 15.3. The molecule has 0 spiro atoms. The average molecular weight is 295 g/mol. The summed E-state index contributed by atoms with van der Waals surface area (Å²) in [7, 11) is 3.72. The van der Waals surface area contributed by atoms with Gasteiger partial charge >= 0.3 is 0 Å². The third-order valence-corrected chi connectivity index (χ3v) is 3.23. The molecule has 0 aliphatic carbocycles. The van der Waals surface area contributed by atoms with Crippen LogP contribution in [0.5, 0.6) is 0 Å². The highest BCUT2D eigenvalue weighted by Gasteiger charge is 2.09. The van der Waals surface area contributed by atoms with Gasteiger partial charge in [0.05, 0.1) is 18.4 Å². The van der Waals surface area contributed by atoms with Crippen LogP contribution in [0.3, 0.4) is 0 Å². The molecule has 1 aromatic carbocycles. The molecule has 2 rings (SSSR count).